The first-order valence-electron chi connectivity index (χ1n) is 3.53. The van der Waals surface area contributed by atoms with Crippen molar-refractivity contribution in [2.45, 2.75) is 13.3 Å². The molecule has 0 aromatic carbocycles. The molecule has 0 fully saturated rings. The maximum Gasteiger partial charge on any atom is 0.130 e. The van der Waals surface area contributed by atoms with Crippen LogP contribution in [0.25, 0.3) is 0 Å². The smallest absolute Gasteiger partial charge is 0.130 e. The zero-order valence-corrected chi connectivity index (χ0v) is 7.81. The van der Waals surface area contributed by atoms with Crippen molar-refractivity contribution >= 4 is 17.4 Å². The fourth-order valence-electron chi connectivity index (χ4n) is 1.07. The molecule has 0 amide bonds. The highest BCUT2D eigenvalue weighted by atomic mass is 35.5. The van der Waals surface area contributed by atoms with Crippen LogP contribution in [0.3, 0.4) is 0 Å². The molecular weight excluding hydrogens is 176 g/mol. The average Bonchev–Trinajstić information content (AvgIpc) is 2.16. The second-order valence-corrected chi connectivity index (χ2v) is 3.04. The van der Waals surface area contributed by atoms with E-state index in [0.717, 1.165) is 11.3 Å². The lowest BCUT2D eigenvalue weighted by atomic mass is 10.2. The van der Waals surface area contributed by atoms with Crippen LogP contribution in [0.5, 0.6) is 0 Å². The zero-order chi connectivity index (χ0) is 9.30. The van der Waals surface area contributed by atoms with E-state index >= 15 is 0 Å². The summed E-state index contributed by atoms with van der Waals surface area (Å²) in [5.41, 5.74) is 6.93. The van der Waals surface area contributed by atoms with Gasteiger partial charge in [0.25, 0.3) is 0 Å². The summed E-state index contributed by atoms with van der Waals surface area (Å²) >= 11 is 5.91. The summed E-state index contributed by atoms with van der Waals surface area (Å²) in [6.45, 7) is 1.85. The SMILES string of the molecule is Cc1nn(C)c(Cl)c1CC(=N)N. The predicted molar refractivity (Wildman–Crippen MR) is 48.6 cm³/mol. The minimum atomic E-state index is 0.105. The fraction of sp³-hybridized carbons (Fsp3) is 0.429. The minimum absolute atomic E-state index is 0.105. The van der Waals surface area contributed by atoms with Crippen LogP contribution in [0.2, 0.25) is 5.15 Å². The van der Waals surface area contributed by atoms with Crippen LogP contribution < -0.4 is 5.73 Å². The summed E-state index contributed by atoms with van der Waals surface area (Å²) < 4.78 is 1.58. The molecule has 4 nitrogen and oxygen atoms in total. The van der Waals surface area contributed by atoms with Gasteiger partial charge in [-0.25, -0.2) is 0 Å². The van der Waals surface area contributed by atoms with E-state index in [1.54, 1.807) is 11.7 Å². The van der Waals surface area contributed by atoms with Gasteiger partial charge in [-0.2, -0.15) is 5.10 Å². The zero-order valence-electron chi connectivity index (χ0n) is 7.06. The summed E-state index contributed by atoms with van der Waals surface area (Å²) in [5, 5.41) is 11.8. The van der Waals surface area contributed by atoms with Crippen molar-refractivity contribution in [3.05, 3.63) is 16.4 Å². The standard InChI is InChI=1S/C7H11ClN4/c1-4-5(3-6(9)10)7(8)12(2)11-4/h3H2,1-2H3,(H3,9,10). The topological polar surface area (TPSA) is 67.7 Å². The summed E-state index contributed by atoms with van der Waals surface area (Å²) in [5.74, 6) is 0.105. The lowest BCUT2D eigenvalue weighted by Crippen LogP contribution is -2.13. The fourth-order valence-corrected chi connectivity index (χ4v) is 1.31. The largest absolute Gasteiger partial charge is 0.387 e. The van der Waals surface area contributed by atoms with Gasteiger partial charge in [0.15, 0.2) is 0 Å². The number of halogens is 1. The number of rotatable bonds is 2. The molecule has 66 valence electrons. The summed E-state index contributed by atoms with van der Waals surface area (Å²) in [4.78, 5) is 0. The highest BCUT2D eigenvalue weighted by molar-refractivity contribution is 6.30. The van der Waals surface area contributed by atoms with Crippen LogP contribution in [-0.2, 0) is 13.5 Å². The van der Waals surface area contributed by atoms with Crippen LogP contribution in [-0.4, -0.2) is 15.6 Å². The van der Waals surface area contributed by atoms with Crippen molar-refractivity contribution in [3.63, 3.8) is 0 Å². The van der Waals surface area contributed by atoms with Crippen molar-refractivity contribution in [2.24, 2.45) is 12.8 Å². The van der Waals surface area contributed by atoms with Crippen molar-refractivity contribution in [2.75, 3.05) is 0 Å². The summed E-state index contributed by atoms with van der Waals surface area (Å²) in [6.07, 6.45) is 0.374. The van der Waals surface area contributed by atoms with Gasteiger partial charge in [0.1, 0.15) is 5.15 Å². The van der Waals surface area contributed by atoms with Gasteiger partial charge in [0.2, 0.25) is 0 Å². The molecule has 12 heavy (non-hydrogen) atoms. The Hall–Kier alpha value is -1.03. The highest BCUT2D eigenvalue weighted by Crippen LogP contribution is 2.18. The number of hydrogen-bond acceptors (Lipinski definition) is 2. The van der Waals surface area contributed by atoms with Gasteiger partial charge < -0.3 is 5.73 Å². The molecule has 0 aliphatic rings. The Bertz CT molecular complexity index is 315. The number of nitrogens with one attached hydrogen (secondary N) is 1. The molecule has 0 radical (unpaired) electrons. The number of aryl methyl sites for hydroxylation is 2. The van der Waals surface area contributed by atoms with Crippen molar-refractivity contribution in [1.29, 1.82) is 5.41 Å². The second kappa shape index (κ2) is 3.15. The van der Waals surface area contributed by atoms with Crippen molar-refractivity contribution in [3.8, 4) is 0 Å². The lowest BCUT2D eigenvalue weighted by molar-refractivity contribution is 0.757. The maximum atomic E-state index is 7.12. The Kier molecular flexibility index (Phi) is 2.38. The van der Waals surface area contributed by atoms with E-state index < -0.39 is 0 Å². The maximum absolute atomic E-state index is 7.12. The molecular formula is C7H11ClN4. The molecule has 0 spiro atoms. The van der Waals surface area contributed by atoms with Gasteiger partial charge in [-0.05, 0) is 6.92 Å². The number of hydrogen-bond donors (Lipinski definition) is 2. The van der Waals surface area contributed by atoms with Gasteiger partial charge in [0, 0.05) is 19.0 Å². The van der Waals surface area contributed by atoms with Gasteiger partial charge in [0.05, 0.1) is 11.5 Å². The second-order valence-electron chi connectivity index (χ2n) is 2.68. The highest BCUT2D eigenvalue weighted by Gasteiger charge is 2.11. The van der Waals surface area contributed by atoms with E-state index in [1.807, 2.05) is 6.92 Å². The Balaban J connectivity index is 3.05. The third-order valence-corrected chi connectivity index (χ3v) is 2.11. The Morgan fingerprint density at radius 2 is 2.33 bits per heavy atom. The van der Waals surface area contributed by atoms with Crippen LogP contribution in [0.1, 0.15) is 11.3 Å². The molecule has 0 bridgehead atoms. The van der Waals surface area contributed by atoms with Crippen molar-refractivity contribution in [1.82, 2.24) is 9.78 Å². The van der Waals surface area contributed by atoms with Crippen LogP contribution >= 0.6 is 11.6 Å². The molecule has 3 N–H and O–H groups in total. The predicted octanol–water partition coefficient (Wildman–Crippen LogP) is 0.860. The third-order valence-electron chi connectivity index (χ3n) is 1.64. The van der Waals surface area contributed by atoms with E-state index in [2.05, 4.69) is 5.10 Å². The molecule has 1 heterocycles. The molecule has 0 saturated heterocycles. The molecule has 0 aliphatic carbocycles. The molecule has 1 aromatic heterocycles. The van der Waals surface area contributed by atoms with Crippen LogP contribution in [0.15, 0.2) is 0 Å². The van der Waals surface area contributed by atoms with Crippen LogP contribution in [0.4, 0.5) is 0 Å². The third kappa shape index (κ3) is 1.58. The number of amidine groups is 1. The molecule has 0 atom stereocenters. The normalized spacial score (nSPS) is 10.2. The summed E-state index contributed by atoms with van der Waals surface area (Å²) in [6, 6.07) is 0. The Morgan fingerprint density at radius 1 is 1.75 bits per heavy atom. The molecule has 0 aliphatic heterocycles. The molecule has 1 rings (SSSR count). The van der Waals surface area contributed by atoms with E-state index in [9.17, 15) is 0 Å². The van der Waals surface area contributed by atoms with E-state index in [1.165, 1.54) is 0 Å². The first-order valence-corrected chi connectivity index (χ1v) is 3.91. The minimum Gasteiger partial charge on any atom is -0.387 e. The number of nitrogens with zero attached hydrogens (tertiary/aromatic N) is 2. The average molecular weight is 187 g/mol. The molecule has 5 heteroatoms. The molecule has 1 aromatic rings. The number of aromatic nitrogens is 2. The molecule has 0 saturated carbocycles. The van der Waals surface area contributed by atoms with Crippen LogP contribution in [0, 0.1) is 12.3 Å². The van der Waals surface area contributed by atoms with E-state index in [4.69, 9.17) is 22.7 Å². The monoisotopic (exact) mass is 186 g/mol. The van der Waals surface area contributed by atoms with Gasteiger partial charge >= 0.3 is 0 Å². The number of nitrogens with two attached hydrogens (primary N) is 1. The Morgan fingerprint density at radius 3 is 2.67 bits per heavy atom. The van der Waals surface area contributed by atoms with Gasteiger partial charge in [-0.3, -0.25) is 10.1 Å². The van der Waals surface area contributed by atoms with Crippen molar-refractivity contribution < 1.29 is 0 Å². The van der Waals surface area contributed by atoms with Gasteiger partial charge in [-0.1, -0.05) is 11.6 Å². The quantitative estimate of drug-likeness (QED) is 0.532. The van der Waals surface area contributed by atoms with E-state index in [0.29, 0.717) is 11.6 Å². The summed E-state index contributed by atoms with van der Waals surface area (Å²) in [7, 11) is 1.76. The van der Waals surface area contributed by atoms with Gasteiger partial charge in [-0.15, -0.1) is 0 Å². The first-order chi connectivity index (χ1) is 5.52. The van der Waals surface area contributed by atoms with E-state index in [-0.39, 0.29) is 5.84 Å². The Labute approximate surface area is 75.8 Å². The first kappa shape index (κ1) is 9.06. The lowest BCUT2D eigenvalue weighted by Gasteiger charge is -1.97. The molecule has 0 unspecified atom stereocenters.